The summed E-state index contributed by atoms with van der Waals surface area (Å²) in [6.45, 7) is -6.17. The van der Waals surface area contributed by atoms with E-state index in [-0.39, 0.29) is 26.4 Å². The zero-order chi connectivity index (χ0) is 32.5. The normalized spacial score (nSPS) is 42.6. The molecule has 0 saturated carbocycles. The molecule has 24 heteroatoms. The predicted molar refractivity (Wildman–Crippen MR) is 190 cm³/mol. The van der Waals surface area contributed by atoms with E-state index in [2.05, 4.69) is 22.9 Å². The maximum Gasteiger partial charge on any atom is 0.345 e. The fourth-order valence-corrected chi connectivity index (χ4v) is 29.0. The first-order valence-electron chi connectivity index (χ1n) is 13.7. The van der Waals surface area contributed by atoms with Gasteiger partial charge in [-0.15, -0.1) is 0 Å². The molecule has 0 radical (unpaired) electrons. The Morgan fingerprint density at radius 1 is 0.488 bits per heavy atom. The van der Waals surface area contributed by atoms with Crippen molar-refractivity contribution in [2.75, 3.05) is 82.8 Å². The van der Waals surface area contributed by atoms with Gasteiger partial charge in [-0.25, -0.2) is 18.7 Å². The molecule has 254 valence electrons. The first-order valence-corrected chi connectivity index (χ1v) is 26.9. The van der Waals surface area contributed by atoms with Crippen molar-refractivity contribution in [2.24, 2.45) is 32.5 Å². The molecule has 0 aromatic rings. The van der Waals surface area contributed by atoms with Crippen molar-refractivity contribution in [2.45, 2.75) is 39.5 Å². The lowest BCUT2D eigenvalue weighted by Crippen LogP contribution is -2.45. The summed E-state index contributed by atoms with van der Waals surface area (Å²) in [5, 5.41) is 0. The number of unbranched alkanes of at least 4 members (excludes halogenated alkanes) is 3. The van der Waals surface area contributed by atoms with Crippen LogP contribution in [0.15, 0.2) is 27.1 Å². The van der Waals surface area contributed by atoms with Gasteiger partial charge in [0.25, 0.3) is 0 Å². The lowest BCUT2D eigenvalue weighted by molar-refractivity contribution is -0.0575. The second-order valence-electron chi connectivity index (χ2n) is 11.2. The highest BCUT2D eigenvalue weighted by molar-refractivity contribution is 8.03. The van der Waals surface area contributed by atoms with Gasteiger partial charge in [0.1, 0.15) is 0 Å². The predicted octanol–water partition coefficient (Wildman–Crippen LogP) is 11.6. The van der Waals surface area contributed by atoms with Crippen molar-refractivity contribution in [3.63, 3.8) is 0 Å². The summed E-state index contributed by atoms with van der Waals surface area (Å²) in [5.41, 5.74) is -0.635. The van der Waals surface area contributed by atoms with Crippen molar-refractivity contribution < 1.29 is 18.1 Å². The molecule has 4 aliphatic heterocycles. The minimum atomic E-state index is -3.14. The molecule has 0 aromatic heterocycles. The van der Waals surface area contributed by atoms with E-state index >= 15 is 0 Å². The molecular weight excluding hydrogens is 760 g/mol. The Morgan fingerprint density at radius 2 is 0.744 bits per heavy atom. The molecule has 4 aliphatic rings. The van der Waals surface area contributed by atoms with Crippen LogP contribution in [0.4, 0.5) is 0 Å². The minimum Gasteiger partial charge on any atom is -0.305 e. The molecule has 3 spiro atoms. The standard InChI is InChI=1S/C13H32Cl4N10O4P6.C6H14/c1-24(2)32(14)18-33(15,25(3)4)21-36(20-32)28-9-13(10-29-36)11-30-37(31-12-13)22-34(16,26(5)6)19-35(17,23-37)27(7)8;1-3-5-6-4-2/h9-12H2,1-8H3;3-6H2,1-2H3/t32-,33-,34-,35-;/m0./s1. The molecule has 0 aromatic carbocycles. The number of rotatable bonds is 7. The highest BCUT2D eigenvalue weighted by atomic mass is 35.7. The van der Waals surface area contributed by atoms with Gasteiger partial charge in [0.15, 0.2) is 0 Å². The van der Waals surface area contributed by atoms with Crippen molar-refractivity contribution in [3.8, 4) is 0 Å². The number of hydrogen-bond donors (Lipinski definition) is 0. The van der Waals surface area contributed by atoms with Gasteiger partial charge in [-0.2, -0.15) is 27.1 Å². The summed E-state index contributed by atoms with van der Waals surface area (Å²) >= 11 is 27.5. The zero-order valence-electron chi connectivity index (χ0n) is 26.5. The number of nitrogens with zero attached hydrogens (tertiary/aromatic N) is 10. The molecule has 4 rings (SSSR count). The fraction of sp³-hybridized carbons (Fsp3) is 1.00. The summed E-state index contributed by atoms with van der Waals surface area (Å²) in [5.74, 6) is 0. The lowest BCUT2D eigenvalue weighted by Gasteiger charge is -2.46. The van der Waals surface area contributed by atoms with Crippen LogP contribution in [0.5, 0.6) is 0 Å². The van der Waals surface area contributed by atoms with E-state index in [0.29, 0.717) is 0 Å². The van der Waals surface area contributed by atoms with Crippen LogP contribution in [0.2, 0.25) is 0 Å². The van der Waals surface area contributed by atoms with Crippen LogP contribution < -0.4 is 0 Å². The third-order valence-corrected chi connectivity index (χ3v) is 31.8. The minimum absolute atomic E-state index is 0.205. The molecule has 0 aliphatic carbocycles. The maximum atomic E-state index is 6.86. The van der Waals surface area contributed by atoms with Crippen LogP contribution in [-0.4, -0.2) is 101 Å². The van der Waals surface area contributed by atoms with Gasteiger partial charge in [0.2, 0.25) is 26.8 Å². The van der Waals surface area contributed by atoms with E-state index in [1.54, 1.807) is 75.1 Å². The van der Waals surface area contributed by atoms with Crippen LogP contribution in [-0.2, 0) is 18.1 Å². The zero-order valence-corrected chi connectivity index (χ0v) is 34.8. The Hall–Kier alpha value is 2.22. The topological polar surface area (TPSA) is 124 Å². The van der Waals surface area contributed by atoms with Gasteiger partial charge in [0, 0.05) is 0 Å². The van der Waals surface area contributed by atoms with E-state index in [1.165, 1.54) is 25.7 Å². The monoisotopic (exact) mass is 804 g/mol. The lowest BCUT2D eigenvalue weighted by atomic mass is 9.93. The molecule has 0 bridgehead atoms. The smallest absolute Gasteiger partial charge is 0.305 e. The molecule has 0 unspecified atom stereocenters. The van der Waals surface area contributed by atoms with Crippen LogP contribution in [0.1, 0.15) is 39.5 Å². The summed E-state index contributed by atoms with van der Waals surface area (Å²) < 4.78 is 60.2. The average Bonchev–Trinajstić information content (AvgIpc) is 2.90. The second-order valence-corrected chi connectivity index (χ2v) is 31.1. The van der Waals surface area contributed by atoms with E-state index < -0.39 is 47.6 Å². The van der Waals surface area contributed by atoms with Gasteiger partial charge >= 0.3 is 15.3 Å². The third kappa shape index (κ3) is 9.07. The highest BCUT2D eigenvalue weighted by Gasteiger charge is 2.52. The Morgan fingerprint density at radius 3 is 0.977 bits per heavy atom. The molecule has 0 N–H and O–H groups in total. The van der Waals surface area contributed by atoms with Crippen molar-refractivity contribution in [1.29, 1.82) is 0 Å². The Bertz CT molecular complexity index is 1230. The van der Waals surface area contributed by atoms with Gasteiger partial charge in [-0.05, 0) is 101 Å². The largest absolute Gasteiger partial charge is 0.345 e. The quantitative estimate of drug-likeness (QED) is 0.184. The van der Waals surface area contributed by atoms with E-state index in [0.717, 1.165) is 0 Å². The Labute approximate surface area is 277 Å². The van der Waals surface area contributed by atoms with Gasteiger partial charge in [-0.1, -0.05) is 39.5 Å². The Balaban J connectivity index is 0.000000765. The maximum absolute atomic E-state index is 6.86. The molecule has 2 saturated heterocycles. The summed E-state index contributed by atoms with van der Waals surface area (Å²) in [6, 6.07) is 0. The van der Waals surface area contributed by atoms with E-state index in [1.807, 2.05) is 0 Å². The van der Waals surface area contributed by atoms with Gasteiger partial charge in [-0.3, -0.25) is 0 Å². The molecule has 0 amide bonds. The molecule has 4 atom stereocenters. The SMILES string of the molecule is CCCCCC.CN(C)[P@]1(Cl)=NP2(=N[P@@](Cl)(N(C)C)=N1)OCC1(CO2)COP2(=N[P@@](Cl)(N(C)C)=N[P@](Cl)(N(C)C)=N2)OC1. The van der Waals surface area contributed by atoms with Crippen LogP contribution in [0.3, 0.4) is 0 Å². The van der Waals surface area contributed by atoms with Gasteiger partial charge < -0.3 is 18.1 Å². The first-order chi connectivity index (χ1) is 19.8. The first kappa shape index (κ1) is 39.7. The molecule has 4 heterocycles. The summed E-state index contributed by atoms with van der Waals surface area (Å²) in [6.07, 6.45) is 5.54. The average molecular weight is 806 g/mol. The second kappa shape index (κ2) is 15.0. The van der Waals surface area contributed by atoms with E-state index in [9.17, 15) is 0 Å². The van der Waals surface area contributed by atoms with Crippen molar-refractivity contribution in [1.82, 2.24) is 18.7 Å². The number of halogens is 4. The van der Waals surface area contributed by atoms with Crippen LogP contribution in [0.25, 0.3) is 0 Å². The van der Waals surface area contributed by atoms with E-state index in [4.69, 9.17) is 81.1 Å². The van der Waals surface area contributed by atoms with Crippen LogP contribution >= 0.6 is 87.1 Å². The van der Waals surface area contributed by atoms with Gasteiger partial charge in [0.05, 0.1) is 31.8 Å². The summed E-state index contributed by atoms with van der Waals surface area (Å²) in [7, 11) is 8.12. The number of hydrogen-bond acceptors (Lipinski definition) is 14. The van der Waals surface area contributed by atoms with Crippen molar-refractivity contribution >= 4 is 87.1 Å². The molecule has 43 heavy (non-hydrogen) atoms. The molecule has 2 fully saturated rings. The molecule has 14 nitrogen and oxygen atoms in total. The Kier molecular flexibility index (Phi) is 13.8. The van der Waals surface area contributed by atoms with Crippen LogP contribution in [0, 0.1) is 5.41 Å². The third-order valence-electron chi connectivity index (χ3n) is 6.51. The highest BCUT2D eigenvalue weighted by Crippen LogP contribution is 2.86. The van der Waals surface area contributed by atoms with Crippen molar-refractivity contribution in [3.05, 3.63) is 0 Å². The molecular formula is C19H46Cl4N10O4P6. The summed E-state index contributed by atoms with van der Waals surface area (Å²) in [4.78, 5) is 0. The fourth-order valence-electron chi connectivity index (χ4n) is 3.53.